The van der Waals surface area contributed by atoms with E-state index >= 15 is 0 Å². The summed E-state index contributed by atoms with van der Waals surface area (Å²) >= 11 is 1.47. The molecular weight excluding hydrogens is 288 g/mol. The van der Waals surface area contributed by atoms with E-state index in [0.717, 1.165) is 24.4 Å². The molecule has 1 saturated heterocycles. The lowest BCUT2D eigenvalue weighted by Crippen LogP contribution is -2.45. The normalized spacial score (nSPS) is 19.7. The van der Waals surface area contributed by atoms with E-state index in [1.807, 2.05) is 13.8 Å². The first-order chi connectivity index (χ1) is 9.97. The molecule has 6 nitrogen and oxygen atoms in total. The van der Waals surface area contributed by atoms with Crippen molar-refractivity contribution >= 4 is 23.2 Å². The lowest BCUT2D eigenvalue weighted by molar-refractivity contribution is -0.120. The third-order valence-corrected chi connectivity index (χ3v) is 4.43. The summed E-state index contributed by atoms with van der Waals surface area (Å²) in [6.45, 7) is 4.95. The van der Waals surface area contributed by atoms with Gasteiger partial charge in [-0.3, -0.25) is 9.59 Å². The van der Waals surface area contributed by atoms with E-state index in [2.05, 4.69) is 15.6 Å². The topological polar surface area (TPSA) is 97.1 Å². The fourth-order valence-corrected chi connectivity index (χ4v) is 3.31. The zero-order valence-corrected chi connectivity index (χ0v) is 13.2. The maximum atomic E-state index is 12.2. The highest BCUT2D eigenvalue weighted by molar-refractivity contribution is 7.09. The SMILES string of the molecule is CC(C)CC(NC(=O)c1csc(C2CCCN2)n1)C(N)=O. The summed E-state index contributed by atoms with van der Waals surface area (Å²) in [6, 6.07) is -0.397. The van der Waals surface area contributed by atoms with Crippen LogP contribution < -0.4 is 16.4 Å². The van der Waals surface area contributed by atoms with Crippen LogP contribution in [0.1, 0.15) is 54.6 Å². The number of nitrogens with zero attached hydrogens (tertiary/aromatic N) is 1. The highest BCUT2D eigenvalue weighted by Gasteiger charge is 2.24. The Morgan fingerprint density at radius 1 is 1.57 bits per heavy atom. The van der Waals surface area contributed by atoms with E-state index in [1.54, 1.807) is 5.38 Å². The Hall–Kier alpha value is -1.47. The maximum Gasteiger partial charge on any atom is 0.271 e. The predicted molar refractivity (Wildman–Crippen MR) is 82.0 cm³/mol. The van der Waals surface area contributed by atoms with Crippen molar-refractivity contribution < 1.29 is 9.59 Å². The van der Waals surface area contributed by atoms with Crippen LogP contribution in [0.25, 0.3) is 0 Å². The molecule has 2 atom stereocenters. The quantitative estimate of drug-likeness (QED) is 0.735. The molecule has 4 N–H and O–H groups in total. The molecule has 0 spiro atoms. The summed E-state index contributed by atoms with van der Waals surface area (Å²) in [5.41, 5.74) is 5.69. The minimum atomic E-state index is -0.646. The van der Waals surface area contributed by atoms with Crippen LogP contribution in [0.4, 0.5) is 0 Å². The number of nitrogens with two attached hydrogens (primary N) is 1. The molecule has 1 aliphatic rings. The second kappa shape index (κ2) is 7.00. The third-order valence-electron chi connectivity index (χ3n) is 3.47. The molecule has 21 heavy (non-hydrogen) atoms. The van der Waals surface area contributed by atoms with Crippen molar-refractivity contribution in [2.45, 2.75) is 45.2 Å². The first-order valence-electron chi connectivity index (χ1n) is 7.26. The van der Waals surface area contributed by atoms with Gasteiger partial charge in [0.15, 0.2) is 0 Å². The van der Waals surface area contributed by atoms with E-state index in [9.17, 15) is 9.59 Å². The number of hydrogen-bond donors (Lipinski definition) is 3. The fraction of sp³-hybridized carbons (Fsp3) is 0.643. The van der Waals surface area contributed by atoms with Gasteiger partial charge in [-0.15, -0.1) is 11.3 Å². The molecule has 0 bridgehead atoms. The van der Waals surface area contributed by atoms with Gasteiger partial charge in [0.25, 0.3) is 5.91 Å². The number of amides is 2. The monoisotopic (exact) mass is 310 g/mol. The van der Waals surface area contributed by atoms with Gasteiger partial charge >= 0.3 is 0 Å². The van der Waals surface area contributed by atoms with Gasteiger partial charge in [0.1, 0.15) is 16.7 Å². The van der Waals surface area contributed by atoms with Crippen molar-refractivity contribution in [3.8, 4) is 0 Å². The van der Waals surface area contributed by atoms with Crippen LogP contribution in [0, 0.1) is 5.92 Å². The van der Waals surface area contributed by atoms with Crippen molar-refractivity contribution in [1.29, 1.82) is 0 Å². The second-order valence-electron chi connectivity index (χ2n) is 5.78. The summed E-state index contributed by atoms with van der Waals surface area (Å²) in [5.74, 6) is -0.568. The van der Waals surface area contributed by atoms with Gasteiger partial charge in [0.2, 0.25) is 5.91 Å². The van der Waals surface area contributed by atoms with E-state index in [1.165, 1.54) is 11.3 Å². The van der Waals surface area contributed by atoms with E-state index in [4.69, 9.17) is 5.73 Å². The molecule has 0 aromatic carbocycles. The average molecular weight is 310 g/mol. The number of primary amides is 1. The molecule has 2 rings (SSSR count). The number of nitrogens with one attached hydrogen (secondary N) is 2. The minimum Gasteiger partial charge on any atom is -0.368 e. The number of aromatic nitrogens is 1. The van der Waals surface area contributed by atoms with E-state index < -0.39 is 11.9 Å². The summed E-state index contributed by atoms with van der Waals surface area (Å²) in [4.78, 5) is 27.9. The zero-order chi connectivity index (χ0) is 15.4. The van der Waals surface area contributed by atoms with Gasteiger partial charge in [-0.2, -0.15) is 0 Å². The Morgan fingerprint density at radius 3 is 2.90 bits per heavy atom. The van der Waals surface area contributed by atoms with Gasteiger partial charge in [-0.1, -0.05) is 13.8 Å². The van der Waals surface area contributed by atoms with E-state index in [-0.39, 0.29) is 17.9 Å². The molecule has 0 saturated carbocycles. The number of rotatable bonds is 6. The molecule has 2 heterocycles. The Labute approximate surface area is 128 Å². The first kappa shape index (κ1) is 15.9. The lowest BCUT2D eigenvalue weighted by atomic mass is 10.0. The number of carbonyl (C=O) groups is 2. The minimum absolute atomic E-state index is 0.249. The van der Waals surface area contributed by atoms with Gasteiger partial charge in [0.05, 0.1) is 6.04 Å². The summed E-state index contributed by atoms with van der Waals surface area (Å²) in [6.07, 6.45) is 2.71. The molecule has 1 aromatic heterocycles. The number of thiazole rings is 1. The number of hydrogen-bond acceptors (Lipinski definition) is 5. The summed E-state index contributed by atoms with van der Waals surface area (Å²) < 4.78 is 0. The van der Waals surface area contributed by atoms with Crippen molar-refractivity contribution in [3.63, 3.8) is 0 Å². The van der Waals surface area contributed by atoms with E-state index in [0.29, 0.717) is 12.1 Å². The van der Waals surface area contributed by atoms with Crippen molar-refractivity contribution in [2.75, 3.05) is 6.54 Å². The van der Waals surface area contributed by atoms with Crippen LogP contribution in [-0.2, 0) is 4.79 Å². The zero-order valence-electron chi connectivity index (χ0n) is 12.4. The summed E-state index contributed by atoms with van der Waals surface area (Å²) in [5, 5.41) is 8.69. The van der Waals surface area contributed by atoms with Crippen molar-refractivity contribution in [1.82, 2.24) is 15.6 Å². The van der Waals surface area contributed by atoms with Gasteiger partial charge in [0, 0.05) is 5.38 Å². The Bertz CT molecular complexity index is 509. The van der Waals surface area contributed by atoms with Crippen LogP contribution in [-0.4, -0.2) is 29.4 Å². The summed E-state index contributed by atoms with van der Waals surface area (Å²) in [7, 11) is 0. The molecule has 2 unspecified atom stereocenters. The molecule has 1 fully saturated rings. The highest BCUT2D eigenvalue weighted by atomic mass is 32.1. The lowest BCUT2D eigenvalue weighted by Gasteiger charge is -2.16. The Kier molecular flexibility index (Phi) is 5.30. The second-order valence-corrected chi connectivity index (χ2v) is 6.67. The third kappa shape index (κ3) is 4.25. The van der Waals surface area contributed by atoms with Crippen LogP contribution in [0.3, 0.4) is 0 Å². The average Bonchev–Trinajstić information content (AvgIpc) is 3.08. The van der Waals surface area contributed by atoms with Gasteiger partial charge in [-0.05, 0) is 31.7 Å². The van der Waals surface area contributed by atoms with Crippen LogP contribution in [0.2, 0.25) is 0 Å². The van der Waals surface area contributed by atoms with Crippen LogP contribution in [0.15, 0.2) is 5.38 Å². The molecule has 2 amide bonds. The van der Waals surface area contributed by atoms with Crippen LogP contribution >= 0.6 is 11.3 Å². The largest absolute Gasteiger partial charge is 0.368 e. The van der Waals surface area contributed by atoms with Gasteiger partial charge < -0.3 is 16.4 Å². The maximum absolute atomic E-state index is 12.2. The van der Waals surface area contributed by atoms with Crippen LogP contribution in [0.5, 0.6) is 0 Å². The first-order valence-corrected chi connectivity index (χ1v) is 8.14. The highest BCUT2D eigenvalue weighted by Crippen LogP contribution is 2.25. The smallest absolute Gasteiger partial charge is 0.271 e. The Morgan fingerprint density at radius 2 is 2.33 bits per heavy atom. The Balaban J connectivity index is 2.00. The molecule has 1 aromatic rings. The predicted octanol–water partition coefficient (Wildman–Crippen LogP) is 1.20. The molecule has 1 aliphatic heterocycles. The molecule has 0 aliphatic carbocycles. The molecule has 0 radical (unpaired) electrons. The molecule has 116 valence electrons. The van der Waals surface area contributed by atoms with Gasteiger partial charge in [-0.25, -0.2) is 4.98 Å². The van der Waals surface area contributed by atoms with Crippen molar-refractivity contribution in [2.24, 2.45) is 11.7 Å². The molecular formula is C14H22N4O2S. The fourth-order valence-electron chi connectivity index (χ4n) is 2.40. The molecule has 7 heteroatoms. The van der Waals surface area contributed by atoms with Crippen molar-refractivity contribution in [3.05, 3.63) is 16.1 Å². The number of carbonyl (C=O) groups excluding carboxylic acids is 2. The standard InChI is InChI=1S/C14H22N4O2S/c1-8(2)6-10(12(15)19)17-13(20)11-7-21-14(18-11)9-4-3-5-16-9/h7-10,16H,3-6H2,1-2H3,(H2,15,19)(H,17,20).